The van der Waals surface area contributed by atoms with Crippen LogP contribution in [-0.2, 0) is 30.4 Å². The van der Waals surface area contributed by atoms with Gasteiger partial charge >= 0.3 is 17.9 Å². The van der Waals surface area contributed by atoms with E-state index in [-0.39, 0.29) is 18.6 Å². The Hall–Kier alpha value is -4.03. The predicted octanol–water partition coefficient (Wildman–Crippen LogP) is 4.85. The molecule has 0 aliphatic heterocycles. The Bertz CT molecular complexity index is 1240. The molecule has 1 rings (SSSR count). The number of unbranched alkanes of at least 4 members (excludes halogenated alkanes) is 7. The van der Waals surface area contributed by atoms with Gasteiger partial charge in [0.1, 0.15) is 24.5 Å². The molecule has 0 aliphatic carbocycles. The molecule has 0 heterocycles. The Morgan fingerprint density at radius 3 is 2.15 bits per heavy atom. The second kappa shape index (κ2) is 22.5. The van der Waals surface area contributed by atoms with Crippen molar-refractivity contribution in [1.29, 1.82) is 0 Å². The Labute approximate surface area is 282 Å². The normalized spacial score (nSPS) is 14.4. The van der Waals surface area contributed by atoms with Gasteiger partial charge in [0.05, 0.1) is 12.3 Å². The van der Waals surface area contributed by atoms with E-state index < -0.39 is 53.9 Å². The molecule has 0 aromatic heterocycles. The molecule has 48 heavy (non-hydrogen) atoms. The van der Waals surface area contributed by atoms with Gasteiger partial charge in [0.25, 0.3) is 0 Å². The van der Waals surface area contributed by atoms with E-state index in [0.29, 0.717) is 56.4 Å². The molecule has 0 radical (unpaired) electrons. The zero-order valence-corrected chi connectivity index (χ0v) is 28.4. The van der Waals surface area contributed by atoms with Crippen molar-refractivity contribution in [2.75, 3.05) is 6.61 Å². The minimum Gasteiger partial charge on any atom is -0.490 e. The number of carbonyl (C=O) groups is 5. The van der Waals surface area contributed by atoms with Gasteiger partial charge in [-0.05, 0) is 63.3 Å². The molecule has 0 saturated carbocycles. The quantitative estimate of drug-likeness (QED) is 0.0578. The van der Waals surface area contributed by atoms with Crippen molar-refractivity contribution < 1.29 is 54.2 Å². The van der Waals surface area contributed by atoms with Crippen molar-refractivity contribution in [3.63, 3.8) is 0 Å². The lowest BCUT2D eigenvalue weighted by molar-refractivity contribution is -0.172. The molecule has 0 saturated heterocycles. The molecular weight excluding hydrogens is 622 g/mol. The first-order valence-corrected chi connectivity index (χ1v) is 16.6. The smallest absolute Gasteiger partial charge is 0.337 e. The fourth-order valence-corrected chi connectivity index (χ4v) is 4.98. The average molecular weight is 676 g/mol. The number of carbonyl (C=O) groups excluding carboxylic acids is 2. The largest absolute Gasteiger partial charge is 0.490 e. The number of allylic oxidation sites excluding steroid dienone is 2. The van der Waals surface area contributed by atoms with Gasteiger partial charge in [0.15, 0.2) is 11.4 Å². The summed E-state index contributed by atoms with van der Waals surface area (Å²) in [5.74, 6) is -7.69. The molecule has 1 aromatic rings. The molecule has 4 atom stereocenters. The Morgan fingerprint density at radius 1 is 0.917 bits per heavy atom. The lowest BCUT2D eigenvalue weighted by atomic mass is 9.82. The zero-order valence-electron chi connectivity index (χ0n) is 28.4. The van der Waals surface area contributed by atoms with Gasteiger partial charge in [-0.3, -0.25) is 14.4 Å². The minimum atomic E-state index is -3.04. The Balaban J connectivity index is 2.85. The second-order valence-electron chi connectivity index (χ2n) is 12.3. The van der Waals surface area contributed by atoms with Crippen LogP contribution in [0.2, 0.25) is 0 Å². The zero-order chi connectivity index (χ0) is 36.1. The van der Waals surface area contributed by atoms with Crippen LogP contribution in [0, 0.1) is 5.92 Å². The monoisotopic (exact) mass is 675 g/mol. The maximum Gasteiger partial charge on any atom is 0.337 e. The first-order chi connectivity index (χ1) is 22.7. The molecule has 0 spiro atoms. The number of Topliss-reactive ketones (excluding diaryl/α,β-unsaturated/α-hetero) is 1. The summed E-state index contributed by atoms with van der Waals surface area (Å²) in [6.07, 6.45) is 9.66. The van der Waals surface area contributed by atoms with Crippen molar-refractivity contribution in [1.82, 2.24) is 5.32 Å². The van der Waals surface area contributed by atoms with Crippen LogP contribution in [0.1, 0.15) is 103 Å². The topological polar surface area (TPSA) is 208 Å². The minimum absolute atomic E-state index is 0.172. The summed E-state index contributed by atoms with van der Waals surface area (Å²) in [5.41, 5.74) is -1.42. The van der Waals surface area contributed by atoms with Crippen molar-refractivity contribution in [2.24, 2.45) is 5.92 Å². The summed E-state index contributed by atoms with van der Waals surface area (Å²) >= 11 is 0. The molecule has 12 heteroatoms. The van der Waals surface area contributed by atoms with E-state index in [2.05, 4.69) is 12.2 Å². The Morgan fingerprint density at radius 2 is 1.56 bits per heavy atom. The summed E-state index contributed by atoms with van der Waals surface area (Å²) in [6.45, 7) is 6.32. The highest BCUT2D eigenvalue weighted by atomic mass is 16.5. The SMILES string of the molecule is CCCCCCC(O)C(=O)CCCCCC/C=C/[C@H](C(=O)N[C@@H](Cc1ccc(OCC=C(C)C)cc1)C(=O)O)[C@@](O)(CC(=O)O)C(=O)O. The van der Waals surface area contributed by atoms with E-state index in [1.807, 2.05) is 19.9 Å². The molecule has 1 amide bonds. The molecule has 0 fully saturated rings. The van der Waals surface area contributed by atoms with Crippen molar-refractivity contribution in [3.05, 3.63) is 53.6 Å². The van der Waals surface area contributed by atoms with E-state index >= 15 is 0 Å². The molecule has 1 unspecified atom stereocenters. The molecule has 6 N–H and O–H groups in total. The van der Waals surface area contributed by atoms with Crippen molar-refractivity contribution in [2.45, 2.75) is 122 Å². The van der Waals surface area contributed by atoms with Crippen LogP contribution in [0.25, 0.3) is 0 Å². The van der Waals surface area contributed by atoms with E-state index in [0.717, 1.165) is 37.3 Å². The highest BCUT2D eigenvalue weighted by molar-refractivity contribution is 5.94. The number of aliphatic hydroxyl groups is 2. The number of aliphatic hydroxyl groups excluding tert-OH is 1. The summed E-state index contributed by atoms with van der Waals surface area (Å²) in [4.78, 5) is 61.0. The number of ketones is 1. The van der Waals surface area contributed by atoms with Gasteiger partial charge in [-0.15, -0.1) is 0 Å². The maximum absolute atomic E-state index is 13.3. The molecule has 0 aliphatic rings. The van der Waals surface area contributed by atoms with Gasteiger partial charge < -0.3 is 35.6 Å². The third-order valence-corrected chi connectivity index (χ3v) is 7.88. The number of hydrogen-bond donors (Lipinski definition) is 6. The van der Waals surface area contributed by atoms with E-state index in [1.54, 1.807) is 24.3 Å². The van der Waals surface area contributed by atoms with Gasteiger partial charge in [-0.1, -0.05) is 75.3 Å². The number of nitrogens with one attached hydrogen (secondary N) is 1. The summed E-state index contributed by atoms with van der Waals surface area (Å²) in [5, 5.41) is 52.1. The van der Waals surface area contributed by atoms with Gasteiger partial charge in [-0.25, -0.2) is 9.59 Å². The third-order valence-electron chi connectivity index (χ3n) is 7.88. The second-order valence-corrected chi connectivity index (χ2v) is 12.3. The number of carboxylic acids is 3. The molecular formula is C36H53NO11. The number of aliphatic carboxylic acids is 3. The standard InChI is InChI=1S/C36H53NO11/c1-4-5-6-12-15-30(38)31(39)16-13-10-8-7-9-11-14-28(36(47,35(45)46)24-32(40)41)33(42)37-29(34(43)44)23-26-17-19-27(20-18-26)48-22-21-25(2)3/h11,14,17-21,28-30,38,47H,4-10,12-13,15-16,22-24H2,1-3H3,(H,37,42)(H,40,41)(H,43,44)(H,45,46)/b14-11+/t28-,29+,30?,36+/m1/s1. The molecule has 0 bridgehead atoms. The highest BCUT2D eigenvalue weighted by Gasteiger charge is 2.49. The maximum atomic E-state index is 13.3. The molecule has 12 nitrogen and oxygen atoms in total. The van der Waals surface area contributed by atoms with Gasteiger partial charge in [0.2, 0.25) is 5.91 Å². The number of carboxylic acid groups (broad SMARTS) is 3. The third kappa shape index (κ3) is 16.2. The van der Waals surface area contributed by atoms with E-state index in [1.165, 1.54) is 6.08 Å². The molecule has 1 aromatic carbocycles. The summed E-state index contributed by atoms with van der Waals surface area (Å²) < 4.78 is 5.60. The number of rotatable bonds is 26. The molecule has 268 valence electrons. The number of benzene rings is 1. The summed E-state index contributed by atoms with van der Waals surface area (Å²) in [7, 11) is 0. The fourth-order valence-electron chi connectivity index (χ4n) is 4.98. The van der Waals surface area contributed by atoms with Gasteiger partial charge in [0, 0.05) is 12.8 Å². The number of amides is 1. The van der Waals surface area contributed by atoms with Gasteiger partial charge in [-0.2, -0.15) is 0 Å². The van der Waals surface area contributed by atoms with Crippen LogP contribution in [0.4, 0.5) is 0 Å². The van der Waals surface area contributed by atoms with Crippen LogP contribution in [0.5, 0.6) is 5.75 Å². The van der Waals surface area contributed by atoms with Crippen LogP contribution >= 0.6 is 0 Å². The Kier molecular flexibility index (Phi) is 19.7. The average Bonchev–Trinajstić information content (AvgIpc) is 3.01. The van der Waals surface area contributed by atoms with Crippen LogP contribution in [-0.4, -0.2) is 79.5 Å². The predicted molar refractivity (Wildman–Crippen MR) is 180 cm³/mol. The highest BCUT2D eigenvalue weighted by Crippen LogP contribution is 2.26. The fraction of sp³-hybridized carbons (Fsp3) is 0.583. The van der Waals surface area contributed by atoms with E-state index in [4.69, 9.17) is 4.74 Å². The van der Waals surface area contributed by atoms with Crippen molar-refractivity contribution >= 4 is 29.6 Å². The van der Waals surface area contributed by atoms with E-state index in [9.17, 15) is 49.5 Å². The van der Waals surface area contributed by atoms with Crippen LogP contribution in [0.3, 0.4) is 0 Å². The van der Waals surface area contributed by atoms with Crippen LogP contribution < -0.4 is 10.1 Å². The lowest BCUT2D eigenvalue weighted by Crippen LogP contribution is -2.55. The van der Waals surface area contributed by atoms with Crippen molar-refractivity contribution in [3.8, 4) is 5.75 Å². The first-order valence-electron chi connectivity index (χ1n) is 16.6. The summed E-state index contributed by atoms with van der Waals surface area (Å²) in [6, 6.07) is 5.04. The number of hydrogen-bond acceptors (Lipinski definition) is 8. The first kappa shape index (κ1) is 42.0. The number of ether oxygens (including phenoxy) is 1. The van der Waals surface area contributed by atoms with Crippen LogP contribution in [0.15, 0.2) is 48.1 Å². The lowest BCUT2D eigenvalue weighted by Gasteiger charge is -2.29.